The Labute approximate surface area is 103 Å². The van der Waals surface area contributed by atoms with E-state index < -0.39 is 5.97 Å². The number of carboxylic acid groups (broad SMARTS) is 1. The van der Waals surface area contributed by atoms with Gasteiger partial charge in [-0.3, -0.25) is 0 Å². The zero-order valence-electron chi connectivity index (χ0n) is 9.06. The second-order valence-electron chi connectivity index (χ2n) is 2.79. The third kappa shape index (κ3) is 24.5. The van der Waals surface area contributed by atoms with Crippen molar-refractivity contribution in [3.05, 3.63) is 0 Å². The molecule has 0 aliphatic rings. The molecule has 0 amide bonds. The number of carbonyl (C=O) groups is 1. The monoisotopic (exact) mass is 313 g/mol. The van der Waals surface area contributed by atoms with Gasteiger partial charge in [-0.05, 0) is 12.8 Å². The predicted octanol–water partition coefficient (Wildman–Crippen LogP) is 2.26. The van der Waals surface area contributed by atoms with Crippen LogP contribution in [0, 0.1) is 37.6 Å². The first-order valence-corrected chi connectivity index (χ1v) is 9.53. The van der Waals surface area contributed by atoms with Crippen LogP contribution < -0.4 is 5.11 Å². The summed E-state index contributed by atoms with van der Waals surface area (Å²) in [6.45, 7) is 6.63. The van der Waals surface area contributed by atoms with E-state index in [0.29, 0.717) is 0 Å². The Kier molecular flexibility index (Phi) is 19.2. The van der Waals surface area contributed by atoms with Crippen molar-refractivity contribution in [1.29, 1.82) is 0 Å². The maximum absolute atomic E-state index is 9.76. The molecule has 13 heavy (non-hydrogen) atoms. The minimum atomic E-state index is -0.932. The van der Waals surface area contributed by atoms with E-state index in [1.165, 1.54) is 3.88 Å². The molecule has 0 N–H and O–H groups in total. The summed E-state index contributed by atoms with van der Waals surface area (Å²) in [5.74, 6) is -0.932. The average Bonchev–Trinajstić information content (AvgIpc) is 2.07. The summed E-state index contributed by atoms with van der Waals surface area (Å²) in [5, 5.41) is 9.76. The second kappa shape index (κ2) is 15.3. The molecule has 0 atom stereocenters. The van der Waals surface area contributed by atoms with Gasteiger partial charge in [-0.15, -0.1) is 0 Å². The van der Waals surface area contributed by atoms with Crippen LogP contribution in [0.15, 0.2) is 0 Å². The maximum atomic E-state index is 9.76. The molecule has 0 aromatic heterocycles. The van der Waals surface area contributed by atoms with E-state index in [9.17, 15) is 9.90 Å². The molecule has 3 heteroatoms. The van der Waals surface area contributed by atoms with E-state index in [1.807, 2.05) is 6.92 Å². The zero-order valence-corrected chi connectivity index (χ0v) is 12.2. The summed E-state index contributed by atoms with van der Waals surface area (Å²) in [4.78, 5) is 9.76. The van der Waals surface area contributed by atoms with Gasteiger partial charge in [0.2, 0.25) is 0 Å². The average molecular weight is 313 g/mol. The molecule has 0 unspecified atom stereocenters. The topological polar surface area (TPSA) is 40.1 Å². The van der Waals surface area contributed by atoms with Gasteiger partial charge in [0.1, 0.15) is 0 Å². The van der Waals surface area contributed by atoms with Crippen LogP contribution in [-0.2, 0) is 4.79 Å². The molecule has 0 aliphatic heterocycles. The number of carboxylic acids is 1. The van der Waals surface area contributed by atoms with Gasteiger partial charge >= 0.3 is 55.3 Å². The summed E-state index contributed by atoms with van der Waals surface area (Å²) >= 11 is 0.0494. The van der Waals surface area contributed by atoms with E-state index in [2.05, 4.69) is 13.8 Å². The summed E-state index contributed by atoms with van der Waals surface area (Å²) < 4.78 is 3.08. The fourth-order valence-electron chi connectivity index (χ4n) is 0.769. The van der Waals surface area contributed by atoms with Crippen LogP contribution >= 0.6 is 0 Å². The molecule has 0 saturated heterocycles. The number of carbonyl (C=O) groups excluding carboxylic acids is 1. The normalized spacial score (nSPS) is 8.23. The molecule has 2 nitrogen and oxygen atoms in total. The van der Waals surface area contributed by atoms with Gasteiger partial charge in [0.15, 0.2) is 0 Å². The Hall–Kier alpha value is 0.847. The molecular weight excluding hydrogens is 292 g/mol. The molecule has 0 aliphatic carbocycles. The van der Waals surface area contributed by atoms with Crippen LogP contribution in [0.2, 0.25) is 3.88 Å². The van der Waals surface area contributed by atoms with Crippen molar-refractivity contribution in [3.63, 3.8) is 0 Å². The van der Waals surface area contributed by atoms with Gasteiger partial charge in [-0.1, -0.05) is 19.8 Å². The van der Waals surface area contributed by atoms with Crippen molar-refractivity contribution in [2.75, 3.05) is 0 Å². The number of hydrogen-bond acceptors (Lipinski definition) is 2. The third-order valence-corrected chi connectivity index (χ3v) is 4.62. The molecule has 0 aromatic carbocycles. The summed E-state index contributed by atoms with van der Waals surface area (Å²) in [6, 6.07) is 0. The number of unbranched alkanes of at least 4 members (excludes halogenated alkanes) is 2. The van der Waals surface area contributed by atoms with E-state index in [0.717, 1.165) is 19.3 Å². The van der Waals surface area contributed by atoms with Crippen molar-refractivity contribution in [3.8, 4) is 0 Å². The molecule has 0 bridgehead atoms. The van der Waals surface area contributed by atoms with Crippen LogP contribution in [0.5, 0.6) is 0 Å². The van der Waals surface area contributed by atoms with Crippen molar-refractivity contribution < 1.29 is 47.5 Å². The first kappa shape index (κ1) is 16.3. The van der Waals surface area contributed by atoms with Crippen molar-refractivity contribution in [2.45, 2.75) is 50.3 Å². The molecule has 0 saturated carbocycles. The summed E-state index contributed by atoms with van der Waals surface area (Å²) in [6.07, 6.45) is 3.04. The van der Waals surface area contributed by atoms with Gasteiger partial charge < -0.3 is 9.90 Å². The van der Waals surface area contributed by atoms with E-state index >= 15 is 0 Å². The van der Waals surface area contributed by atoms with Crippen LogP contribution in [0.1, 0.15) is 46.5 Å². The van der Waals surface area contributed by atoms with Gasteiger partial charge in [-0.2, -0.15) is 0 Å². The number of aliphatic carboxylic acids is 1. The molecule has 0 spiro atoms. The first-order chi connectivity index (χ1) is 6.18. The molecule has 0 fully saturated rings. The van der Waals surface area contributed by atoms with E-state index in [4.69, 9.17) is 0 Å². The van der Waals surface area contributed by atoms with Crippen LogP contribution in [0.25, 0.3) is 0 Å². The van der Waals surface area contributed by atoms with Crippen LogP contribution in [0.3, 0.4) is 0 Å². The number of rotatable bonds is 6. The van der Waals surface area contributed by atoms with Crippen LogP contribution in [0.4, 0.5) is 0 Å². The SMILES string of the molecule is CCCCCC(=O)[O-].C[CH2][Ce+][CH2]C. The fourth-order valence-corrected chi connectivity index (χ4v) is 2.34. The molecule has 0 rings (SSSR count). The Balaban J connectivity index is 0. The minimum absolute atomic E-state index is 0.0494. The molecule has 0 aromatic rings. The Morgan fingerprint density at radius 3 is 1.92 bits per heavy atom. The van der Waals surface area contributed by atoms with Gasteiger partial charge in [0.05, 0.1) is 0 Å². The van der Waals surface area contributed by atoms with Gasteiger partial charge in [0, 0.05) is 5.97 Å². The van der Waals surface area contributed by atoms with Crippen molar-refractivity contribution in [2.24, 2.45) is 0 Å². The Morgan fingerprint density at radius 1 is 1.15 bits per heavy atom. The number of hydrogen-bond donors (Lipinski definition) is 0. The van der Waals surface area contributed by atoms with Crippen LogP contribution in [-0.4, -0.2) is 5.97 Å². The summed E-state index contributed by atoms with van der Waals surface area (Å²) in [7, 11) is 0. The summed E-state index contributed by atoms with van der Waals surface area (Å²) in [5.41, 5.74) is 0. The van der Waals surface area contributed by atoms with E-state index in [1.54, 1.807) is 0 Å². The first-order valence-electron chi connectivity index (χ1n) is 5.09. The molecular formula is C10H21CeO2. The third-order valence-electron chi connectivity index (χ3n) is 1.48. The van der Waals surface area contributed by atoms with Crippen molar-refractivity contribution >= 4 is 5.97 Å². The second-order valence-corrected chi connectivity index (χ2v) is 8.80. The molecule has 0 heterocycles. The Bertz CT molecular complexity index is 103. The van der Waals surface area contributed by atoms with Gasteiger partial charge in [0.25, 0.3) is 0 Å². The van der Waals surface area contributed by atoms with E-state index in [-0.39, 0.29) is 44.0 Å². The molecule has 0 radical (unpaired) electrons. The zero-order chi connectivity index (χ0) is 10.5. The standard InChI is InChI=1S/C6H12O2.2C2H5.Ce/c1-2-3-4-5-6(7)8;2*1-2;/h2-5H2,1H3,(H,7,8);2*1H2,2H3;/q;;;+1/p-1. The predicted molar refractivity (Wildman–Crippen MR) is 50.1 cm³/mol. The fraction of sp³-hybridized carbons (Fsp3) is 0.900. The van der Waals surface area contributed by atoms with Crippen molar-refractivity contribution in [1.82, 2.24) is 0 Å². The van der Waals surface area contributed by atoms with Gasteiger partial charge in [-0.25, -0.2) is 0 Å². The quantitative estimate of drug-likeness (QED) is 0.706. The Morgan fingerprint density at radius 2 is 1.69 bits per heavy atom. The molecule has 77 valence electrons.